The zero-order valence-electron chi connectivity index (χ0n) is 22.5. The lowest BCUT2D eigenvalue weighted by atomic mass is 9.73. The molecule has 2 saturated heterocycles. The molecule has 210 valence electrons. The summed E-state index contributed by atoms with van der Waals surface area (Å²) in [6.07, 6.45) is 5.97. The maximum absolute atomic E-state index is 14.1. The van der Waals surface area contributed by atoms with Crippen molar-refractivity contribution in [2.75, 3.05) is 5.32 Å². The number of amides is 3. The minimum atomic E-state index is -1.27. The molecule has 1 aliphatic carbocycles. The summed E-state index contributed by atoms with van der Waals surface area (Å²) in [4.78, 5) is 43.4. The summed E-state index contributed by atoms with van der Waals surface area (Å²) >= 11 is 6.11. The normalized spacial score (nSPS) is 34.1. The van der Waals surface area contributed by atoms with E-state index < -0.39 is 29.6 Å². The van der Waals surface area contributed by atoms with E-state index in [1.165, 1.54) is 17.0 Å². The number of carbonyl (C=O) groups excluding carboxylic acids is 3. The minimum absolute atomic E-state index is 0.0148. The first-order chi connectivity index (χ1) is 19.2. The third-order valence-electron chi connectivity index (χ3n) is 9.32. The van der Waals surface area contributed by atoms with Crippen LogP contribution in [0.3, 0.4) is 0 Å². The van der Waals surface area contributed by atoms with Crippen molar-refractivity contribution in [2.45, 2.75) is 63.4 Å². The average molecular weight is 566 g/mol. The van der Waals surface area contributed by atoms with E-state index in [4.69, 9.17) is 16.3 Å². The third-order valence-corrected chi connectivity index (χ3v) is 9.55. The highest BCUT2D eigenvalue weighted by atomic mass is 35.5. The molecule has 3 fully saturated rings. The van der Waals surface area contributed by atoms with E-state index in [9.17, 15) is 18.8 Å². The Labute approximate surface area is 238 Å². The molecule has 4 aliphatic rings. The summed E-state index contributed by atoms with van der Waals surface area (Å²) in [7, 11) is 0. The second kappa shape index (κ2) is 10.3. The average Bonchev–Trinajstić information content (AvgIpc) is 3.55. The van der Waals surface area contributed by atoms with Gasteiger partial charge in [0, 0.05) is 23.3 Å². The van der Waals surface area contributed by atoms with Crippen molar-refractivity contribution in [1.82, 2.24) is 10.2 Å². The monoisotopic (exact) mass is 565 g/mol. The third kappa shape index (κ3) is 4.51. The van der Waals surface area contributed by atoms with Gasteiger partial charge < -0.3 is 20.3 Å². The van der Waals surface area contributed by atoms with E-state index in [-0.39, 0.29) is 36.1 Å². The van der Waals surface area contributed by atoms with Crippen molar-refractivity contribution in [3.63, 3.8) is 0 Å². The van der Waals surface area contributed by atoms with Gasteiger partial charge in [0.25, 0.3) is 0 Å². The zero-order chi connectivity index (χ0) is 28.2. The maximum atomic E-state index is 14.1. The molecule has 9 heteroatoms. The lowest BCUT2D eigenvalue weighted by Crippen LogP contribution is -2.57. The summed E-state index contributed by atoms with van der Waals surface area (Å²) in [6, 6.07) is 11.7. The molecular weight excluding hydrogens is 533 g/mol. The van der Waals surface area contributed by atoms with Crippen molar-refractivity contribution in [3.8, 4) is 0 Å². The number of carbonyl (C=O) groups is 3. The number of rotatable bonds is 6. The van der Waals surface area contributed by atoms with Crippen LogP contribution in [-0.2, 0) is 25.7 Å². The van der Waals surface area contributed by atoms with E-state index in [2.05, 4.69) is 24.5 Å². The number of anilines is 1. The summed E-state index contributed by atoms with van der Waals surface area (Å²) in [5.41, 5.74) is -0.0743. The molecule has 6 rings (SSSR count). The molecular formula is C31H33ClFN3O4. The first kappa shape index (κ1) is 27.0. The Kier molecular flexibility index (Phi) is 6.95. The predicted octanol–water partition coefficient (Wildman–Crippen LogP) is 4.71. The lowest BCUT2D eigenvalue weighted by Gasteiger charge is -2.38. The summed E-state index contributed by atoms with van der Waals surface area (Å²) in [6.45, 7) is 4.45. The molecule has 3 heterocycles. The van der Waals surface area contributed by atoms with Gasteiger partial charge in [0.05, 0.1) is 17.9 Å². The minimum Gasteiger partial charge on any atom is -0.359 e. The van der Waals surface area contributed by atoms with Crippen LogP contribution in [0, 0.1) is 29.5 Å². The molecule has 2 aromatic rings. The van der Waals surface area contributed by atoms with Gasteiger partial charge in [-0.05, 0) is 54.2 Å². The molecule has 1 saturated carbocycles. The van der Waals surface area contributed by atoms with Gasteiger partial charge in [-0.2, -0.15) is 0 Å². The van der Waals surface area contributed by atoms with Crippen molar-refractivity contribution < 1.29 is 23.5 Å². The van der Waals surface area contributed by atoms with Crippen molar-refractivity contribution in [2.24, 2.45) is 23.7 Å². The number of ether oxygens (including phenoxy) is 1. The number of halogens is 2. The maximum Gasteiger partial charge on any atom is 0.246 e. The largest absolute Gasteiger partial charge is 0.359 e. The molecule has 40 heavy (non-hydrogen) atoms. The Morgan fingerprint density at radius 2 is 1.90 bits per heavy atom. The highest BCUT2D eigenvalue weighted by Crippen LogP contribution is 2.55. The fourth-order valence-electron chi connectivity index (χ4n) is 7.06. The van der Waals surface area contributed by atoms with E-state index in [1.54, 1.807) is 48.6 Å². The Morgan fingerprint density at radius 3 is 2.65 bits per heavy atom. The molecule has 3 amide bonds. The number of benzene rings is 2. The number of likely N-dealkylation sites (tertiary alicyclic amines) is 1. The smallest absolute Gasteiger partial charge is 0.246 e. The number of fused-ring (bicyclic) bond motifs is 1. The van der Waals surface area contributed by atoms with Crippen LogP contribution < -0.4 is 10.6 Å². The van der Waals surface area contributed by atoms with Gasteiger partial charge in [-0.1, -0.05) is 68.6 Å². The second-order valence-corrected chi connectivity index (χ2v) is 12.1. The van der Waals surface area contributed by atoms with Crippen LogP contribution in [0.15, 0.2) is 60.7 Å². The highest BCUT2D eigenvalue weighted by Gasteiger charge is 2.72. The Balaban J connectivity index is 1.33. The van der Waals surface area contributed by atoms with E-state index >= 15 is 0 Å². The van der Waals surface area contributed by atoms with Crippen LogP contribution in [0.25, 0.3) is 0 Å². The molecule has 2 bridgehead atoms. The molecule has 0 unspecified atom stereocenters. The first-order valence-corrected chi connectivity index (χ1v) is 14.3. The fraction of sp³-hybridized carbons (Fsp3) is 0.452. The first-order valence-electron chi connectivity index (χ1n) is 14.0. The number of nitrogens with zero attached hydrogens (tertiary/aromatic N) is 1. The molecule has 2 aromatic carbocycles. The van der Waals surface area contributed by atoms with Gasteiger partial charge in [0.1, 0.15) is 17.5 Å². The summed E-state index contributed by atoms with van der Waals surface area (Å²) in [5.74, 6) is -2.29. The molecule has 0 radical (unpaired) electrons. The second-order valence-electron chi connectivity index (χ2n) is 11.7. The molecule has 7 nitrogen and oxygen atoms in total. The van der Waals surface area contributed by atoms with Crippen LogP contribution in [0.1, 0.15) is 38.7 Å². The molecule has 3 aliphatic heterocycles. The van der Waals surface area contributed by atoms with E-state index in [0.717, 1.165) is 19.3 Å². The van der Waals surface area contributed by atoms with Crippen molar-refractivity contribution in [1.29, 1.82) is 0 Å². The number of hydrogen-bond donors (Lipinski definition) is 2. The lowest BCUT2D eigenvalue weighted by molar-refractivity contribution is -0.142. The Morgan fingerprint density at radius 1 is 1.12 bits per heavy atom. The molecule has 2 N–H and O–H groups in total. The number of hydrogen-bond acceptors (Lipinski definition) is 4. The zero-order valence-corrected chi connectivity index (χ0v) is 23.2. The van der Waals surface area contributed by atoms with E-state index in [0.29, 0.717) is 28.1 Å². The predicted molar refractivity (Wildman–Crippen MR) is 149 cm³/mol. The van der Waals surface area contributed by atoms with Gasteiger partial charge in [-0.25, -0.2) is 4.39 Å². The van der Waals surface area contributed by atoms with Gasteiger partial charge in [0.15, 0.2) is 0 Å². The molecule has 1 spiro atoms. The standard InChI is InChI=1S/C31H33ClFN3O4/c1-17-5-3-8-23(18(17)2)35-29(38)27-31-14-13-24(40-31)25(28(37)34-22-7-4-6-20(32)15-22)26(31)30(39)36(27)16-19-9-11-21(33)12-10-19/h4,6-7,9-15,17-18,23-27H,3,5,8,16H2,1-2H3,(H,34,37)(H,35,38)/t17-,18-,23+,24-,25-,26-,27+,31+/m1/s1. The quantitative estimate of drug-likeness (QED) is 0.497. The number of nitrogens with one attached hydrogen (secondary N) is 2. The van der Waals surface area contributed by atoms with Gasteiger partial charge >= 0.3 is 0 Å². The SMILES string of the molecule is C[C@@H]1[C@H](C)CCC[C@@H]1NC(=O)[C@@H]1N(Cc2ccc(F)cc2)C(=O)[C@H]2[C@H](C(=O)Nc3cccc(Cl)c3)[C@H]3C=C[C@@]12O3. The van der Waals surface area contributed by atoms with Crippen LogP contribution in [0.5, 0.6) is 0 Å². The molecule has 0 aromatic heterocycles. The van der Waals surface area contributed by atoms with E-state index in [1.807, 2.05) is 0 Å². The van der Waals surface area contributed by atoms with Gasteiger partial charge in [0.2, 0.25) is 17.7 Å². The van der Waals surface area contributed by atoms with Crippen molar-refractivity contribution in [3.05, 3.63) is 77.1 Å². The fourth-order valence-corrected chi connectivity index (χ4v) is 7.25. The van der Waals surface area contributed by atoms with Crippen LogP contribution in [0.2, 0.25) is 5.02 Å². The Hall–Kier alpha value is -3.23. The van der Waals surface area contributed by atoms with Gasteiger partial charge in [-0.15, -0.1) is 0 Å². The van der Waals surface area contributed by atoms with Crippen LogP contribution in [-0.4, -0.2) is 46.4 Å². The van der Waals surface area contributed by atoms with Crippen LogP contribution in [0.4, 0.5) is 10.1 Å². The summed E-state index contributed by atoms with van der Waals surface area (Å²) in [5, 5.41) is 6.60. The Bertz CT molecular complexity index is 1370. The van der Waals surface area contributed by atoms with Crippen molar-refractivity contribution >= 4 is 35.0 Å². The highest BCUT2D eigenvalue weighted by molar-refractivity contribution is 6.30. The topological polar surface area (TPSA) is 87.7 Å². The van der Waals surface area contributed by atoms with Gasteiger partial charge in [-0.3, -0.25) is 14.4 Å². The summed E-state index contributed by atoms with van der Waals surface area (Å²) < 4.78 is 20.1. The van der Waals surface area contributed by atoms with Crippen LogP contribution >= 0.6 is 11.6 Å². The molecule has 8 atom stereocenters.